The molecule has 12 nitrogen and oxygen atoms in total. The van der Waals surface area contributed by atoms with E-state index in [2.05, 4.69) is 423 Å². The molecular weight excluding hydrogens is 1710 g/mol. The Balaban J connectivity index is 0.000000148. The van der Waals surface area contributed by atoms with Crippen LogP contribution in [0.15, 0.2) is 482 Å². The van der Waals surface area contributed by atoms with Gasteiger partial charge in [-0.05, 0) is 146 Å². The summed E-state index contributed by atoms with van der Waals surface area (Å²) < 4.78 is 0. The summed E-state index contributed by atoms with van der Waals surface area (Å²) in [5.41, 5.74) is 39.0. The van der Waals surface area contributed by atoms with Crippen LogP contribution in [-0.4, -0.2) is 51.5 Å². The second kappa shape index (κ2) is 36.5. The van der Waals surface area contributed by atoms with Crippen molar-refractivity contribution in [2.75, 3.05) is 0 Å². The molecule has 6 aromatic heterocycles. The van der Waals surface area contributed by atoms with Gasteiger partial charge in [0.1, 0.15) is 34.8 Å². The molecule has 0 saturated heterocycles. The number of hydrogen-bond acceptors (Lipinski definition) is 12. The van der Waals surface area contributed by atoms with E-state index < -0.39 is 0 Å². The van der Waals surface area contributed by atoms with E-state index in [4.69, 9.17) is 49.9 Å². The molecule has 0 fully saturated rings. The number of aliphatic imine (C=N–C) groups is 2. The highest BCUT2D eigenvalue weighted by atomic mass is 15.1. The van der Waals surface area contributed by atoms with Crippen LogP contribution in [0.4, 0.5) is 0 Å². The van der Waals surface area contributed by atoms with Crippen LogP contribution in [0.5, 0.6) is 0 Å². The molecule has 26 rings (SSSR count). The maximum atomic E-state index is 5.63. The molecule has 12 heteroatoms. The largest absolute Gasteiger partial charge is 0.338 e. The summed E-state index contributed by atoms with van der Waals surface area (Å²) in [7, 11) is 0. The number of rotatable bonds is 16. The molecule has 2 N–H and O–H groups in total. The van der Waals surface area contributed by atoms with E-state index in [-0.39, 0.29) is 12.1 Å². The molecule has 2 aliphatic carbocycles. The Morgan fingerprint density at radius 2 is 0.450 bits per heavy atom. The predicted octanol–water partition coefficient (Wildman–Crippen LogP) is 30.0. The van der Waals surface area contributed by atoms with Crippen molar-refractivity contribution in [3.63, 3.8) is 0 Å². The van der Waals surface area contributed by atoms with Crippen LogP contribution in [0, 0.1) is 0 Å². The van der Waals surface area contributed by atoms with E-state index in [0.717, 1.165) is 227 Å². The molecular formula is C128H88N12. The van der Waals surface area contributed by atoms with E-state index in [1.54, 1.807) is 0 Å². The third-order valence-corrected chi connectivity index (χ3v) is 27.3. The summed E-state index contributed by atoms with van der Waals surface area (Å²) in [5.74, 6) is 2.92. The number of fused-ring (bicyclic) bond motifs is 10. The maximum absolute atomic E-state index is 5.63. The van der Waals surface area contributed by atoms with Crippen molar-refractivity contribution < 1.29 is 0 Å². The molecule has 4 aliphatic rings. The molecule has 0 saturated carbocycles. The molecule has 140 heavy (non-hydrogen) atoms. The third kappa shape index (κ3) is 15.9. The molecule has 22 aromatic rings. The van der Waals surface area contributed by atoms with E-state index in [1.165, 1.54) is 44.5 Å². The molecule has 0 bridgehead atoms. The van der Waals surface area contributed by atoms with Gasteiger partial charge in [-0.15, -0.1) is 0 Å². The maximum Gasteiger partial charge on any atom is 0.160 e. The molecule has 16 aromatic carbocycles. The molecule has 660 valence electrons. The second-order valence-corrected chi connectivity index (χ2v) is 35.8. The van der Waals surface area contributed by atoms with E-state index in [1.807, 2.05) is 48.5 Å². The summed E-state index contributed by atoms with van der Waals surface area (Å²) in [6.45, 7) is 0. The molecule has 2 unspecified atom stereocenters. The average Bonchev–Trinajstić information content (AvgIpc) is 0.745. The Bertz CT molecular complexity index is 8160. The van der Waals surface area contributed by atoms with E-state index in [9.17, 15) is 0 Å². The minimum absolute atomic E-state index is 0.245. The van der Waals surface area contributed by atoms with Crippen molar-refractivity contribution in [2.45, 2.75) is 37.8 Å². The predicted molar refractivity (Wildman–Crippen MR) is 572 cm³/mol. The molecule has 8 heterocycles. The lowest BCUT2D eigenvalue weighted by Crippen LogP contribution is -2.33. The van der Waals surface area contributed by atoms with Gasteiger partial charge in [-0.1, -0.05) is 419 Å². The van der Waals surface area contributed by atoms with Crippen LogP contribution in [-0.2, 0) is 12.8 Å². The van der Waals surface area contributed by atoms with Crippen molar-refractivity contribution in [3.05, 3.63) is 517 Å². The van der Waals surface area contributed by atoms with Gasteiger partial charge >= 0.3 is 0 Å². The third-order valence-electron chi connectivity index (χ3n) is 27.3. The Hall–Kier alpha value is -18.3. The topological polar surface area (TPSA) is 152 Å². The lowest BCUT2D eigenvalue weighted by atomic mass is 9.80. The number of amidine groups is 2. The standard InChI is InChI=1S/C64H48N6.C64H40N6/c2*1-7-20-41(21-8-1)53-39-55(43-24-11-3-12-25-43)65-59-49(53)34-36-51-57(67-63(69-61(51)59)45-28-15-5-16-29-45)47-32-19-33-48(38-47)58-52-37-35-50-54(42-22-9-2-10-23-42)40-56(44-26-13-4-14-27-44)66-60(50)62(52)70-64(68-58)46-30-17-6-18-31-46/h1-33,38-40,57-58H,34-37H2,(H,67,69)(H,68,70);1-40H. The monoisotopic (exact) mass is 1790 g/mol. The van der Waals surface area contributed by atoms with E-state index >= 15 is 0 Å². The van der Waals surface area contributed by atoms with Gasteiger partial charge in [0, 0.05) is 77.2 Å². The van der Waals surface area contributed by atoms with Gasteiger partial charge in [0.25, 0.3) is 0 Å². The fraction of sp³-hybridized carbons (Fsp3) is 0.0469. The fourth-order valence-electron chi connectivity index (χ4n) is 20.5. The van der Waals surface area contributed by atoms with Gasteiger partial charge in [0.15, 0.2) is 11.6 Å². The quantitative estimate of drug-likeness (QED) is 0.0895. The lowest BCUT2D eigenvalue weighted by molar-refractivity contribution is 0.717. The van der Waals surface area contributed by atoms with Gasteiger partial charge in [-0.3, -0.25) is 9.98 Å². The summed E-state index contributed by atoms with van der Waals surface area (Å²) in [4.78, 5) is 54.8. The Labute approximate surface area is 811 Å². The molecule has 0 spiro atoms. The Morgan fingerprint density at radius 1 is 0.186 bits per heavy atom. The van der Waals surface area contributed by atoms with Crippen LogP contribution in [0.3, 0.4) is 0 Å². The van der Waals surface area contributed by atoms with Crippen LogP contribution >= 0.6 is 0 Å². The first-order valence-electron chi connectivity index (χ1n) is 47.8. The minimum atomic E-state index is -0.245. The first kappa shape index (κ1) is 83.6. The van der Waals surface area contributed by atoms with Crippen molar-refractivity contribution in [1.82, 2.24) is 50.5 Å². The molecule has 0 radical (unpaired) electrons. The number of nitrogens with one attached hydrogen (secondary N) is 2. The van der Waals surface area contributed by atoms with Crippen molar-refractivity contribution in [1.29, 1.82) is 0 Å². The number of benzene rings is 16. The SMILES string of the molecule is c1ccc(-c2cc(-c3ccccc3)c3ccc4c(-c5cccc(-c6nc(-c7ccccc7)nc7c6ccc6c(-c8ccccc8)cc(-c8ccccc8)nc67)c5)nc(-c5ccccc5)nc4c3n2)cc1.c1ccc(C2=NC(c3cccc(C4N=C(c5ccccc5)NC5=C4CCc4c(-c6ccccc6)cc(-c6ccccc6)nc45)c3)C3=C(N2)c2nc(-c4ccccc4)cc(-c4ccccc4)c2CC3)cc1. The smallest absolute Gasteiger partial charge is 0.160 e. The molecule has 0 amide bonds. The highest BCUT2D eigenvalue weighted by molar-refractivity contribution is 6.15. The minimum Gasteiger partial charge on any atom is -0.338 e. The number of nitrogens with zero attached hydrogens (tertiary/aromatic N) is 10. The average molecular weight is 1790 g/mol. The number of hydrogen-bond donors (Lipinski definition) is 2. The fourth-order valence-corrected chi connectivity index (χ4v) is 20.5. The first-order valence-corrected chi connectivity index (χ1v) is 47.8. The number of pyridine rings is 4. The zero-order valence-corrected chi connectivity index (χ0v) is 76.3. The highest BCUT2D eigenvalue weighted by Gasteiger charge is 2.38. The molecule has 2 aliphatic heterocycles. The summed E-state index contributed by atoms with van der Waals surface area (Å²) in [6.07, 6.45) is 3.39. The van der Waals surface area contributed by atoms with Gasteiger partial charge in [-0.2, -0.15) is 0 Å². The normalized spacial score (nSPS) is 14.2. The second-order valence-electron chi connectivity index (χ2n) is 35.8. The zero-order chi connectivity index (χ0) is 92.8. The van der Waals surface area contributed by atoms with Crippen molar-refractivity contribution >= 4 is 66.7 Å². The summed E-state index contributed by atoms with van der Waals surface area (Å²) >= 11 is 0. The van der Waals surface area contributed by atoms with Gasteiger partial charge in [0.05, 0.1) is 68.0 Å². The van der Waals surface area contributed by atoms with Gasteiger partial charge in [0.2, 0.25) is 0 Å². The van der Waals surface area contributed by atoms with Crippen LogP contribution in [0.2, 0.25) is 0 Å². The highest BCUT2D eigenvalue weighted by Crippen LogP contribution is 2.50. The van der Waals surface area contributed by atoms with Gasteiger partial charge < -0.3 is 10.6 Å². The lowest BCUT2D eigenvalue weighted by Gasteiger charge is -2.35. The van der Waals surface area contributed by atoms with Crippen molar-refractivity contribution in [3.8, 4) is 135 Å². The van der Waals surface area contributed by atoms with Crippen LogP contribution in [0.1, 0.15) is 69.7 Å². The van der Waals surface area contributed by atoms with Crippen LogP contribution in [0.25, 0.3) is 190 Å². The first-order chi connectivity index (χ1) is 69.4. The summed E-state index contributed by atoms with van der Waals surface area (Å²) in [6, 6.07) is 161. The number of aromatic nitrogens is 8. The summed E-state index contributed by atoms with van der Waals surface area (Å²) in [5, 5.41) is 11.6. The Morgan fingerprint density at radius 3 is 0.786 bits per heavy atom. The molecule has 2 atom stereocenters. The van der Waals surface area contributed by atoms with E-state index in [0.29, 0.717) is 11.6 Å². The van der Waals surface area contributed by atoms with Crippen LogP contribution < -0.4 is 10.6 Å². The van der Waals surface area contributed by atoms with Crippen molar-refractivity contribution in [2.24, 2.45) is 9.98 Å². The van der Waals surface area contributed by atoms with Gasteiger partial charge in [-0.25, -0.2) is 39.9 Å². The zero-order valence-electron chi connectivity index (χ0n) is 76.3. The Kier molecular flexibility index (Phi) is 21.8.